The highest BCUT2D eigenvalue weighted by atomic mass is 16.5. The van der Waals surface area contributed by atoms with E-state index in [-0.39, 0.29) is 0 Å². The number of hydrogen-bond acceptors (Lipinski definition) is 5. The topological polar surface area (TPSA) is 46.6 Å². The van der Waals surface area contributed by atoms with Gasteiger partial charge in [0.25, 0.3) is 0 Å². The number of ether oxygens (including phenoxy) is 2. The summed E-state index contributed by atoms with van der Waals surface area (Å²) in [6.07, 6.45) is 5.67. The lowest BCUT2D eigenvalue weighted by molar-refractivity contribution is 0.181. The van der Waals surface area contributed by atoms with E-state index in [2.05, 4.69) is 22.2 Å². The summed E-state index contributed by atoms with van der Waals surface area (Å²) in [5, 5.41) is 3.49. The summed E-state index contributed by atoms with van der Waals surface area (Å²) in [6.45, 7) is 2.89. The van der Waals surface area contributed by atoms with Gasteiger partial charge >= 0.3 is 0 Å². The van der Waals surface area contributed by atoms with Gasteiger partial charge in [-0.3, -0.25) is 4.98 Å². The van der Waals surface area contributed by atoms with Gasteiger partial charge in [-0.15, -0.1) is 0 Å². The lowest BCUT2D eigenvalue weighted by Gasteiger charge is -2.32. The second kappa shape index (κ2) is 7.45. The number of pyridine rings is 1. The minimum absolute atomic E-state index is 0.625. The van der Waals surface area contributed by atoms with Gasteiger partial charge in [0.2, 0.25) is 0 Å². The molecule has 1 aliphatic heterocycles. The molecule has 0 saturated carbocycles. The second-order valence-corrected chi connectivity index (χ2v) is 5.25. The molecule has 0 aliphatic carbocycles. The molecule has 2 rings (SSSR count). The first-order valence-corrected chi connectivity index (χ1v) is 7.23. The summed E-state index contributed by atoms with van der Waals surface area (Å²) in [4.78, 5) is 6.82. The van der Waals surface area contributed by atoms with Gasteiger partial charge in [-0.2, -0.15) is 0 Å². The molecule has 20 heavy (non-hydrogen) atoms. The van der Waals surface area contributed by atoms with Gasteiger partial charge in [0.05, 0.1) is 19.9 Å². The molecule has 1 unspecified atom stereocenters. The van der Waals surface area contributed by atoms with Crippen LogP contribution in [0.15, 0.2) is 12.3 Å². The van der Waals surface area contributed by atoms with Crippen molar-refractivity contribution in [3.8, 4) is 11.5 Å². The Bertz CT molecular complexity index is 426. The lowest BCUT2D eigenvalue weighted by Crippen LogP contribution is -2.42. The smallest absolute Gasteiger partial charge is 0.183 e. The standard InChI is InChI=1S/C15H25N3O2/c1-18-9-5-4-6-12(18)10-16-11-13-15(20-3)14(19-2)7-8-17-13/h7-8,12,16H,4-6,9-11H2,1-3H3. The van der Waals surface area contributed by atoms with Crippen molar-refractivity contribution in [1.29, 1.82) is 0 Å². The number of methoxy groups -OCH3 is 2. The highest BCUT2D eigenvalue weighted by Crippen LogP contribution is 2.28. The van der Waals surface area contributed by atoms with E-state index in [1.165, 1.54) is 25.8 Å². The molecule has 5 nitrogen and oxygen atoms in total. The number of nitrogens with zero attached hydrogens (tertiary/aromatic N) is 2. The average Bonchev–Trinajstić information content (AvgIpc) is 2.48. The largest absolute Gasteiger partial charge is 0.493 e. The maximum Gasteiger partial charge on any atom is 0.183 e. The van der Waals surface area contributed by atoms with Crippen molar-refractivity contribution in [1.82, 2.24) is 15.2 Å². The maximum absolute atomic E-state index is 5.39. The summed E-state index contributed by atoms with van der Waals surface area (Å²) >= 11 is 0. The van der Waals surface area contributed by atoms with Gasteiger partial charge in [-0.05, 0) is 26.4 Å². The maximum atomic E-state index is 5.39. The van der Waals surface area contributed by atoms with Crippen LogP contribution in [-0.4, -0.2) is 50.3 Å². The summed E-state index contributed by atoms with van der Waals surface area (Å²) in [5.41, 5.74) is 0.894. The minimum atomic E-state index is 0.625. The molecule has 1 saturated heterocycles. The lowest BCUT2D eigenvalue weighted by atomic mass is 10.0. The van der Waals surface area contributed by atoms with Crippen LogP contribution in [0.1, 0.15) is 25.0 Å². The fourth-order valence-corrected chi connectivity index (χ4v) is 2.74. The normalized spacial score (nSPS) is 19.9. The van der Waals surface area contributed by atoms with Gasteiger partial charge in [0.15, 0.2) is 11.5 Å². The highest BCUT2D eigenvalue weighted by molar-refractivity contribution is 5.42. The van der Waals surface area contributed by atoms with Crippen molar-refractivity contribution in [3.05, 3.63) is 18.0 Å². The third kappa shape index (κ3) is 3.61. The van der Waals surface area contributed by atoms with E-state index in [4.69, 9.17) is 9.47 Å². The van der Waals surface area contributed by atoms with Crippen molar-refractivity contribution < 1.29 is 9.47 Å². The summed E-state index contributed by atoms with van der Waals surface area (Å²) in [6, 6.07) is 2.44. The molecule has 2 heterocycles. The van der Waals surface area contributed by atoms with Gasteiger partial charge in [0.1, 0.15) is 0 Å². The zero-order chi connectivity index (χ0) is 14.4. The minimum Gasteiger partial charge on any atom is -0.493 e. The first-order chi connectivity index (χ1) is 9.76. The average molecular weight is 279 g/mol. The van der Waals surface area contributed by atoms with Gasteiger partial charge in [-0.25, -0.2) is 0 Å². The van der Waals surface area contributed by atoms with Crippen molar-refractivity contribution >= 4 is 0 Å². The molecule has 1 aromatic rings. The summed E-state index contributed by atoms with van der Waals surface area (Å²) in [5.74, 6) is 1.45. The second-order valence-electron chi connectivity index (χ2n) is 5.25. The first-order valence-electron chi connectivity index (χ1n) is 7.23. The highest BCUT2D eigenvalue weighted by Gasteiger charge is 2.18. The Labute approximate surface area is 121 Å². The van der Waals surface area contributed by atoms with Gasteiger partial charge < -0.3 is 19.7 Å². The summed E-state index contributed by atoms with van der Waals surface area (Å²) < 4.78 is 10.7. The van der Waals surface area contributed by atoms with Crippen LogP contribution in [0.25, 0.3) is 0 Å². The number of rotatable bonds is 6. The van der Waals surface area contributed by atoms with E-state index in [0.717, 1.165) is 23.7 Å². The van der Waals surface area contributed by atoms with Crippen molar-refractivity contribution in [3.63, 3.8) is 0 Å². The number of hydrogen-bond donors (Lipinski definition) is 1. The molecule has 1 N–H and O–H groups in total. The Morgan fingerprint density at radius 1 is 1.35 bits per heavy atom. The fraction of sp³-hybridized carbons (Fsp3) is 0.667. The predicted octanol–water partition coefficient (Wildman–Crippen LogP) is 1.67. The van der Waals surface area contributed by atoms with Crippen LogP contribution in [0.4, 0.5) is 0 Å². The van der Waals surface area contributed by atoms with E-state index in [1.54, 1.807) is 20.4 Å². The molecule has 1 fully saturated rings. The Morgan fingerprint density at radius 3 is 2.90 bits per heavy atom. The monoisotopic (exact) mass is 279 g/mol. The zero-order valence-corrected chi connectivity index (χ0v) is 12.7. The molecule has 0 amide bonds. The Kier molecular flexibility index (Phi) is 5.61. The van der Waals surface area contributed by atoms with E-state index in [1.807, 2.05) is 6.07 Å². The SMILES string of the molecule is COc1ccnc(CNCC2CCCCN2C)c1OC. The Morgan fingerprint density at radius 2 is 2.20 bits per heavy atom. The number of nitrogens with one attached hydrogen (secondary N) is 1. The van der Waals surface area contributed by atoms with Crippen LogP contribution < -0.4 is 14.8 Å². The van der Waals surface area contributed by atoms with Crippen LogP contribution in [0, 0.1) is 0 Å². The third-order valence-corrected chi connectivity index (χ3v) is 3.96. The molecular weight excluding hydrogens is 254 g/mol. The van der Waals surface area contributed by atoms with Gasteiger partial charge in [-0.1, -0.05) is 6.42 Å². The molecule has 1 aliphatic rings. The molecule has 0 radical (unpaired) electrons. The number of piperidine rings is 1. The van der Waals surface area contributed by atoms with E-state index < -0.39 is 0 Å². The molecule has 5 heteroatoms. The van der Waals surface area contributed by atoms with Crippen molar-refractivity contribution in [2.45, 2.75) is 31.8 Å². The molecule has 112 valence electrons. The number of aromatic nitrogens is 1. The Balaban J connectivity index is 1.90. The van der Waals surface area contributed by atoms with Crippen LogP contribution in [0.3, 0.4) is 0 Å². The quantitative estimate of drug-likeness (QED) is 0.858. The fourth-order valence-electron chi connectivity index (χ4n) is 2.74. The van der Waals surface area contributed by atoms with Crippen LogP contribution in [0.2, 0.25) is 0 Å². The van der Waals surface area contributed by atoms with E-state index in [9.17, 15) is 0 Å². The third-order valence-electron chi connectivity index (χ3n) is 3.96. The van der Waals surface area contributed by atoms with Crippen molar-refractivity contribution in [2.24, 2.45) is 0 Å². The number of likely N-dealkylation sites (tertiary alicyclic amines) is 1. The van der Waals surface area contributed by atoms with Crippen LogP contribution >= 0.6 is 0 Å². The predicted molar refractivity (Wildman–Crippen MR) is 79.3 cm³/mol. The molecule has 0 aromatic carbocycles. The molecule has 1 atom stereocenters. The van der Waals surface area contributed by atoms with Crippen molar-refractivity contribution in [2.75, 3.05) is 34.4 Å². The Hall–Kier alpha value is -1.33. The molecule has 1 aromatic heterocycles. The molecule has 0 bridgehead atoms. The summed E-state index contributed by atoms with van der Waals surface area (Å²) in [7, 11) is 5.50. The van der Waals surface area contributed by atoms with E-state index in [0.29, 0.717) is 12.6 Å². The van der Waals surface area contributed by atoms with Crippen LogP contribution in [-0.2, 0) is 6.54 Å². The van der Waals surface area contributed by atoms with Crippen LogP contribution in [0.5, 0.6) is 11.5 Å². The molecule has 0 spiro atoms. The van der Waals surface area contributed by atoms with E-state index >= 15 is 0 Å². The number of likely N-dealkylation sites (N-methyl/N-ethyl adjacent to an activating group) is 1. The molecular formula is C15H25N3O2. The first kappa shape index (κ1) is 15.1. The van der Waals surface area contributed by atoms with Gasteiger partial charge in [0, 0.05) is 31.4 Å². The zero-order valence-electron chi connectivity index (χ0n) is 12.7.